The molecule has 5 heteroatoms. The van der Waals surface area contributed by atoms with E-state index in [0.29, 0.717) is 5.75 Å². The van der Waals surface area contributed by atoms with Crippen molar-refractivity contribution in [3.63, 3.8) is 0 Å². The number of hydrogen-bond donors (Lipinski definition) is 0. The average molecular weight is 316 g/mol. The van der Waals surface area contributed by atoms with E-state index >= 15 is 0 Å². The lowest BCUT2D eigenvalue weighted by Crippen LogP contribution is -2.03. The molecule has 0 unspecified atom stereocenters. The highest BCUT2D eigenvalue weighted by Gasteiger charge is 2.07. The highest BCUT2D eigenvalue weighted by Crippen LogP contribution is 2.26. The van der Waals surface area contributed by atoms with Crippen LogP contribution in [0.1, 0.15) is 38.1 Å². The first-order valence-corrected chi connectivity index (χ1v) is 8.32. The van der Waals surface area contributed by atoms with Gasteiger partial charge in [-0.1, -0.05) is 37.2 Å². The molecule has 2 aromatic rings. The zero-order chi connectivity index (χ0) is 15.8. The Morgan fingerprint density at radius 1 is 1.23 bits per heavy atom. The van der Waals surface area contributed by atoms with Crippen LogP contribution in [0, 0.1) is 0 Å². The van der Waals surface area contributed by atoms with Crippen molar-refractivity contribution in [3.8, 4) is 16.3 Å². The summed E-state index contributed by atoms with van der Waals surface area (Å²) >= 11 is 1.62. The lowest BCUT2D eigenvalue weighted by Gasteiger charge is -2.01. The van der Waals surface area contributed by atoms with Crippen molar-refractivity contribution in [3.05, 3.63) is 41.4 Å². The van der Waals surface area contributed by atoms with Gasteiger partial charge in [0.25, 0.3) is 0 Å². The molecule has 0 amide bonds. The molecule has 4 nitrogen and oxygen atoms in total. The van der Waals surface area contributed by atoms with Crippen LogP contribution in [0.5, 0.6) is 5.75 Å². The predicted molar refractivity (Wildman–Crippen MR) is 89.0 cm³/mol. The fraction of sp³-hybridized carbons (Fsp3) is 0.353. The summed E-state index contributed by atoms with van der Waals surface area (Å²) in [7, 11) is 0. The molecule has 116 valence electrons. The third kappa shape index (κ3) is 4.77. The number of carbonyl (C=O) groups is 1. The van der Waals surface area contributed by atoms with Crippen molar-refractivity contribution in [1.82, 2.24) is 10.2 Å². The van der Waals surface area contributed by atoms with Gasteiger partial charge in [0.2, 0.25) is 0 Å². The Bertz CT molecular complexity index is 632. The predicted octanol–water partition coefficient (Wildman–Crippen LogP) is 4.42. The molecule has 1 aromatic heterocycles. The Balaban J connectivity index is 1.99. The van der Waals surface area contributed by atoms with E-state index in [4.69, 9.17) is 4.74 Å². The maximum Gasteiger partial charge on any atom is 0.335 e. The second-order valence-electron chi connectivity index (χ2n) is 4.90. The standard InChI is InChI=1S/C17H20N2O2S/c1-3-5-6-8-15-18-19-17(22-15)13-9-11-14(12-10-13)21-16(20)7-4-2/h4,7,9-12H,3,5-6,8H2,1-2H3/b7-4+. The molecule has 2 rings (SSSR count). The zero-order valence-electron chi connectivity index (χ0n) is 12.9. The fourth-order valence-electron chi connectivity index (χ4n) is 1.95. The minimum Gasteiger partial charge on any atom is -0.423 e. The first-order chi connectivity index (χ1) is 10.7. The van der Waals surface area contributed by atoms with Crippen LogP contribution in [-0.2, 0) is 11.2 Å². The molecular formula is C17H20N2O2S. The van der Waals surface area contributed by atoms with Gasteiger partial charge in [0.05, 0.1) is 0 Å². The molecule has 0 bridgehead atoms. The van der Waals surface area contributed by atoms with E-state index in [1.54, 1.807) is 36.5 Å². The minimum absolute atomic E-state index is 0.371. The third-order valence-corrected chi connectivity index (χ3v) is 4.12. The second kappa shape index (κ2) is 8.44. The lowest BCUT2D eigenvalue weighted by atomic mass is 10.2. The van der Waals surface area contributed by atoms with Crippen molar-refractivity contribution in [2.75, 3.05) is 0 Å². The lowest BCUT2D eigenvalue weighted by molar-refractivity contribution is -0.129. The molecule has 0 saturated heterocycles. The molecule has 22 heavy (non-hydrogen) atoms. The molecule has 0 atom stereocenters. The number of benzene rings is 1. The highest BCUT2D eigenvalue weighted by molar-refractivity contribution is 7.14. The number of esters is 1. The SMILES string of the molecule is C/C=C/C(=O)Oc1ccc(-c2nnc(CCCCC)s2)cc1. The summed E-state index contributed by atoms with van der Waals surface area (Å²) in [6.07, 6.45) is 7.62. The third-order valence-electron chi connectivity index (χ3n) is 3.08. The number of aryl methyl sites for hydroxylation is 1. The van der Waals surface area contributed by atoms with Gasteiger partial charge < -0.3 is 4.74 Å². The molecule has 0 aliphatic heterocycles. The van der Waals surface area contributed by atoms with Crippen LogP contribution in [0.15, 0.2) is 36.4 Å². The minimum atomic E-state index is -0.371. The summed E-state index contributed by atoms with van der Waals surface area (Å²) in [5.41, 5.74) is 0.991. The number of carbonyl (C=O) groups excluding carboxylic acids is 1. The van der Waals surface area contributed by atoms with E-state index in [0.717, 1.165) is 28.4 Å². The number of rotatable bonds is 7. The number of allylic oxidation sites excluding steroid dienone is 1. The van der Waals surface area contributed by atoms with Crippen molar-refractivity contribution in [2.45, 2.75) is 39.5 Å². The van der Waals surface area contributed by atoms with Gasteiger partial charge in [-0.3, -0.25) is 0 Å². The van der Waals surface area contributed by atoms with Gasteiger partial charge in [0.15, 0.2) is 0 Å². The average Bonchev–Trinajstić information content (AvgIpc) is 2.97. The number of ether oxygens (including phenoxy) is 1. The van der Waals surface area contributed by atoms with Crippen LogP contribution in [-0.4, -0.2) is 16.2 Å². The van der Waals surface area contributed by atoms with Crippen LogP contribution in [0.3, 0.4) is 0 Å². The molecule has 0 aliphatic carbocycles. The van der Waals surface area contributed by atoms with Gasteiger partial charge in [-0.25, -0.2) is 4.79 Å². The van der Waals surface area contributed by atoms with Gasteiger partial charge >= 0.3 is 5.97 Å². The largest absolute Gasteiger partial charge is 0.423 e. The normalized spacial score (nSPS) is 11.0. The van der Waals surface area contributed by atoms with E-state index < -0.39 is 0 Å². The molecule has 1 aromatic carbocycles. The van der Waals surface area contributed by atoms with Gasteiger partial charge in [0, 0.05) is 18.1 Å². The van der Waals surface area contributed by atoms with Gasteiger partial charge in [-0.15, -0.1) is 10.2 Å². The quantitative estimate of drug-likeness (QED) is 0.328. The summed E-state index contributed by atoms with van der Waals surface area (Å²) in [5.74, 6) is 0.156. The number of nitrogens with zero attached hydrogens (tertiary/aromatic N) is 2. The van der Waals surface area contributed by atoms with E-state index in [9.17, 15) is 4.79 Å². The second-order valence-corrected chi connectivity index (χ2v) is 5.97. The van der Waals surface area contributed by atoms with Crippen molar-refractivity contribution < 1.29 is 9.53 Å². The number of hydrogen-bond acceptors (Lipinski definition) is 5. The summed E-state index contributed by atoms with van der Waals surface area (Å²) in [5, 5.41) is 10.4. The Morgan fingerprint density at radius 2 is 2.00 bits per heavy atom. The fourth-order valence-corrected chi connectivity index (χ4v) is 2.84. The Hall–Kier alpha value is -2.01. The maximum absolute atomic E-state index is 11.4. The molecule has 0 spiro atoms. The topological polar surface area (TPSA) is 52.1 Å². The Kier molecular flexibility index (Phi) is 6.27. The van der Waals surface area contributed by atoms with Gasteiger partial charge in [-0.2, -0.15) is 0 Å². The van der Waals surface area contributed by atoms with Crippen molar-refractivity contribution in [2.24, 2.45) is 0 Å². The van der Waals surface area contributed by atoms with E-state index in [1.165, 1.54) is 18.9 Å². The molecule has 0 radical (unpaired) electrons. The number of aromatic nitrogens is 2. The first kappa shape index (κ1) is 16.4. The Labute approximate surface area is 134 Å². The van der Waals surface area contributed by atoms with Crippen LogP contribution in [0.25, 0.3) is 10.6 Å². The molecule has 0 saturated carbocycles. The van der Waals surface area contributed by atoms with E-state index in [-0.39, 0.29) is 5.97 Å². The van der Waals surface area contributed by atoms with Crippen LogP contribution >= 0.6 is 11.3 Å². The van der Waals surface area contributed by atoms with Crippen molar-refractivity contribution in [1.29, 1.82) is 0 Å². The Morgan fingerprint density at radius 3 is 2.68 bits per heavy atom. The van der Waals surface area contributed by atoms with Crippen molar-refractivity contribution >= 4 is 17.3 Å². The van der Waals surface area contributed by atoms with Crippen LogP contribution in [0.2, 0.25) is 0 Å². The van der Waals surface area contributed by atoms with Gasteiger partial charge in [-0.05, 0) is 37.6 Å². The van der Waals surface area contributed by atoms with E-state index in [1.807, 2.05) is 12.1 Å². The number of unbranched alkanes of at least 4 members (excludes halogenated alkanes) is 2. The van der Waals surface area contributed by atoms with Crippen LogP contribution in [0.4, 0.5) is 0 Å². The smallest absolute Gasteiger partial charge is 0.335 e. The molecule has 0 fully saturated rings. The monoisotopic (exact) mass is 316 g/mol. The highest BCUT2D eigenvalue weighted by atomic mass is 32.1. The molecular weight excluding hydrogens is 296 g/mol. The first-order valence-electron chi connectivity index (χ1n) is 7.50. The summed E-state index contributed by atoms with van der Waals surface area (Å²) in [4.78, 5) is 11.4. The summed E-state index contributed by atoms with van der Waals surface area (Å²) in [6.45, 7) is 3.97. The van der Waals surface area contributed by atoms with E-state index in [2.05, 4.69) is 17.1 Å². The molecule has 0 aliphatic rings. The summed E-state index contributed by atoms with van der Waals surface area (Å²) in [6, 6.07) is 7.34. The maximum atomic E-state index is 11.4. The summed E-state index contributed by atoms with van der Waals surface area (Å²) < 4.78 is 5.16. The molecule has 1 heterocycles. The zero-order valence-corrected chi connectivity index (χ0v) is 13.7. The van der Waals surface area contributed by atoms with Crippen LogP contribution < -0.4 is 4.74 Å². The van der Waals surface area contributed by atoms with Gasteiger partial charge in [0.1, 0.15) is 15.8 Å². The molecule has 0 N–H and O–H groups in total.